The number of H-pyrrole nitrogens is 2. The first-order valence-electron chi connectivity index (χ1n) is 9.78. The van der Waals surface area contributed by atoms with Crippen LogP contribution in [0.2, 0.25) is 10.0 Å². The second kappa shape index (κ2) is 8.11. The Bertz CT molecular complexity index is 1580. The summed E-state index contributed by atoms with van der Waals surface area (Å²) in [6.07, 6.45) is 2.89. The van der Waals surface area contributed by atoms with Gasteiger partial charge in [0.15, 0.2) is 5.78 Å². The summed E-state index contributed by atoms with van der Waals surface area (Å²) in [5.74, 6) is 0.0441. The number of allylic oxidation sites excluding steroid dienone is 1. The maximum atomic E-state index is 13.2. The largest absolute Gasteiger partial charge is 0.338 e. The van der Waals surface area contributed by atoms with Crippen LogP contribution in [0.4, 0.5) is 0 Å². The van der Waals surface area contributed by atoms with Crippen LogP contribution in [0.15, 0.2) is 77.6 Å². The van der Waals surface area contributed by atoms with E-state index in [1.807, 2.05) is 30.3 Å². The van der Waals surface area contributed by atoms with Gasteiger partial charge >= 0.3 is 0 Å². The highest BCUT2D eigenvalue weighted by Gasteiger charge is 2.19. The van der Waals surface area contributed by atoms with Crippen molar-refractivity contribution in [2.75, 3.05) is 0 Å². The maximum absolute atomic E-state index is 13.2. The van der Waals surface area contributed by atoms with E-state index in [1.54, 1.807) is 42.5 Å². The van der Waals surface area contributed by atoms with Gasteiger partial charge in [0.2, 0.25) is 0 Å². The van der Waals surface area contributed by atoms with Crippen molar-refractivity contribution in [2.45, 2.75) is 0 Å². The standard InChI is InChI=1S/C25H15Cl2N3O2/c26-15-6-8-18-17(12-15)23(14-4-2-1-3-5-14)24(25(32)30-18)21(31)10-11-22-28-19-9-7-16(27)13-20(19)29-22/h1-13H,(H,28,29)(H,30,32)/b11-10+. The van der Waals surface area contributed by atoms with Gasteiger partial charge in [-0.2, -0.15) is 0 Å². The number of carbonyl (C=O) groups excluding carboxylic acids is 1. The van der Waals surface area contributed by atoms with Gasteiger partial charge in [-0.25, -0.2) is 4.98 Å². The number of carbonyl (C=O) groups is 1. The van der Waals surface area contributed by atoms with E-state index in [-0.39, 0.29) is 5.56 Å². The van der Waals surface area contributed by atoms with E-state index in [2.05, 4.69) is 15.0 Å². The van der Waals surface area contributed by atoms with Crippen LogP contribution in [-0.4, -0.2) is 20.7 Å². The number of nitrogens with one attached hydrogen (secondary N) is 2. The van der Waals surface area contributed by atoms with E-state index in [4.69, 9.17) is 23.2 Å². The zero-order valence-corrected chi connectivity index (χ0v) is 18.0. The SMILES string of the molecule is O=C(/C=C/c1nc2ccc(Cl)cc2[nH]1)c1c(-c2ccccc2)c2cc(Cl)ccc2[nH]c1=O. The lowest BCUT2D eigenvalue weighted by molar-refractivity contribution is 0.104. The molecule has 0 unspecified atom stereocenters. The summed E-state index contributed by atoms with van der Waals surface area (Å²) in [5.41, 5.74) is 2.95. The molecule has 32 heavy (non-hydrogen) atoms. The van der Waals surface area contributed by atoms with E-state index in [0.717, 1.165) is 16.6 Å². The van der Waals surface area contributed by atoms with Crippen LogP contribution in [0.1, 0.15) is 16.2 Å². The van der Waals surface area contributed by atoms with E-state index < -0.39 is 11.3 Å². The van der Waals surface area contributed by atoms with E-state index in [1.165, 1.54) is 6.08 Å². The number of nitrogens with zero attached hydrogens (tertiary/aromatic N) is 1. The molecule has 0 aliphatic rings. The first-order chi connectivity index (χ1) is 15.5. The molecule has 2 N–H and O–H groups in total. The molecule has 0 saturated heterocycles. The zero-order valence-electron chi connectivity index (χ0n) is 16.5. The predicted molar refractivity (Wildman–Crippen MR) is 129 cm³/mol. The quantitative estimate of drug-likeness (QED) is 0.245. The van der Waals surface area contributed by atoms with Crippen LogP contribution in [0.25, 0.3) is 39.1 Å². The number of rotatable bonds is 4. The second-order valence-corrected chi connectivity index (χ2v) is 8.11. The lowest BCUT2D eigenvalue weighted by atomic mass is 9.94. The molecule has 156 valence electrons. The van der Waals surface area contributed by atoms with Crippen molar-refractivity contribution in [3.8, 4) is 11.1 Å². The molecule has 7 heteroatoms. The number of ketones is 1. The predicted octanol–water partition coefficient (Wildman–Crippen LogP) is 6.27. The first-order valence-corrected chi connectivity index (χ1v) is 10.5. The second-order valence-electron chi connectivity index (χ2n) is 7.24. The molecule has 2 heterocycles. The highest BCUT2D eigenvalue weighted by atomic mass is 35.5. The molecule has 5 aromatic rings. The number of pyridine rings is 1. The van der Waals surface area contributed by atoms with Gasteiger partial charge in [-0.05, 0) is 54.1 Å². The van der Waals surface area contributed by atoms with Crippen LogP contribution < -0.4 is 5.56 Å². The third-order valence-electron chi connectivity index (χ3n) is 5.14. The molecule has 0 atom stereocenters. The molecule has 3 aromatic carbocycles. The Morgan fingerprint density at radius 1 is 0.875 bits per heavy atom. The Morgan fingerprint density at radius 2 is 1.62 bits per heavy atom. The fraction of sp³-hybridized carbons (Fsp3) is 0. The molecule has 5 nitrogen and oxygen atoms in total. The maximum Gasteiger partial charge on any atom is 0.260 e. The molecule has 2 aromatic heterocycles. The molecule has 0 bridgehead atoms. The van der Waals surface area contributed by atoms with E-state index in [0.29, 0.717) is 32.3 Å². The average Bonchev–Trinajstić information content (AvgIpc) is 3.19. The molecule has 0 radical (unpaired) electrons. The molecule has 0 aliphatic heterocycles. The van der Waals surface area contributed by atoms with Crippen molar-refractivity contribution in [1.29, 1.82) is 0 Å². The summed E-state index contributed by atoms with van der Waals surface area (Å²) in [6.45, 7) is 0. The first kappa shape index (κ1) is 20.2. The summed E-state index contributed by atoms with van der Waals surface area (Å²) in [6, 6.07) is 19.8. The number of hydrogen-bond donors (Lipinski definition) is 2. The number of fused-ring (bicyclic) bond motifs is 2. The third kappa shape index (κ3) is 3.73. The minimum Gasteiger partial charge on any atom is -0.338 e. The zero-order chi connectivity index (χ0) is 22.2. The minimum atomic E-state index is -0.468. The number of hydrogen-bond acceptors (Lipinski definition) is 3. The highest BCUT2D eigenvalue weighted by molar-refractivity contribution is 6.32. The fourth-order valence-electron chi connectivity index (χ4n) is 3.72. The monoisotopic (exact) mass is 459 g/mol. The van der Waals surface area contributed by atoms with Gasteiger partial charge in [0.1, 0.15) is 5.82 Å². The van der Waals surface area contributed by atoms with Gasteiger partial charge in [-0.15, -0.1) is 0 Å². The molecular weight excluding hydrogens is 445 g/mol. The van der Waals surface area contributed by atoms with Crippen molar-refractivity contribution in [3.63, 3.8) is 0 Å². The van der Waals surface area contributed by atoms with Crippen molar-refractivity contribution < 1.29 is 4.79 Å². The topological polar surface area (TPSA) is 78.6 Å². The smallest absolute Gasteiger partial charge is 0.260 e. The molecule has 0 spiro atoms. The van der Waals surface area contributed by atoms with E-state index >= 15 is 0 Å². The number of benzene rings is 3. The number of imidazole rings is 1. The van der Waals surface area contributed by atoms with Crippen LogP contribution in [0.5, 0.6) is 0 Å². The Morgan fingerprint density at radius 3 is 2.44 bits per heavy atom. The molecular formula is C25H15Cl2N3O2. The van der Waals surface area contributed by atoms with Crippen molar-refractivity contribution in [2.24, 2.45) is 0 Å². The van der Waals surface area contributed by atoms with Crippen LogP contribution in [-0.2, 0) is 0 Å². The van der Waals surface area contributed by atoms with Gasteiger partial charge < -0.3 is 9.97 Å². The fourth-order valence-corrected chi connectivity index (χ4v) is 4.07. The Hall–Kier alpha value is -3.67. The molecule has 0 fully saturated rings. The summed E-state index contributed by atoms with van der Waals surface area (Å²) in [7, 11) is 0. The Kier molecular flexibility index (Phi) is 5.13. The number of halogens is 2. The average molecular weight is 460 g/mol. The number of aromatic amines is 2. The summed E-state index contributed by atoms with van der Waals surface area (Å²) >= 11 is 12.2. The molecule has 0 aliphatic carbocycles. The molecule has 5 rings (SSSR count). The Labute approximate surface area is 192 Å². The van der Waals surface area contributed by atoms with E-state index in [9.17, 15) is 9.59 Å². The van der Waals surface area contributed by atoms with Gasteiger partial charge in [0.05, 0.1) is 16.6 Å². The third-order valence-corrected chi connectivity index (χ3v) is 5.61. The minimum absolute atomic E-state index is 0.0429. The van der Waals surface area contributed by atoms with Gasteiger partial charge in [0, 0.05) is 26.5 Å². The van der Waals surface area contributed by atoms with Crippen molar-refractivity contribution >= 4 is 57.0 Å². The highest BCUT2D eigenvalue weighted by Crippen LogP contribution is 2.31. The lowest BCUT2D eigenvalue weighted by Crippen LogP contribution is -2.18. The summed E-state index contributed by atoms with van der Waals surface area (Å²) in [4.78, 5) is 36.5. The van der Waals surface area contributed by atoms with Gasteiger partial charge in [0.25, 0.3) is 5.56 Å². The van der Waals surface area contributed by atoms with Crippen molar-refractivity contribution in [1.82, 2.24) is 15.0 Å². The van der Waals surface area contributed by atoms with Crippen LogP contribution in [0, 0.1) is 0 Å². The Balaban J connectivity index is 1.65. The van der Waals surface area contributed by atoms with Gasteiger partial charge in [-0.1, -0.05) is 53.5 Å². The van der Waals surface area contributed by atoms with Crippen molar-refractivity contribution in [3.05, 3.63) is 105 Å². The molecule has 0 saturated carbocycles. The summed E-state index contributed by atoms with van der Waals surface area (Å²) in [5, 5.41) is 1.79. The normalized spacial score (nSPS) is 11.6. The molecule has 0 amide bonds. The van der Waals surface area contributed by atoms with Crippen LogP contribution in [0.3, 0.4) is 0 Å². The number of aromatic nitrogens is 3. The summed E-state index contributed by atoms with van der Waals surface area (Å²) < 4.78 is 0. The lowest BCUT2D eigenvalue weighted by Gasteiger charge is -2.11. The van der Waals surface area contributed by atoms with Crippen LogP contribution >= 0.6 is 23.2 Å². The van der Waals surface area contributed by atoms with Gasteiger partial charge in [-0.3, -0.25) is 9.59 Å².